The van der Waals surface area contributed by atoms with Crippen LogP contribution in [0.15, 0.2) is 17.4 Å². The average Bonchev–Trinajstić information content (AvgIpc) is 2.36. The highest BCUT2D eigenvalue weighted by Crippen LogP contribution is 2.28. The van der Waals surface area contributed by atoms with E-state index in [9.17, 15) is 0 Å². The first-order valence-electron chi connectivity index (χ1n) is 6.71. The van der Waals surface area contributed by atoms with Crippen LogP contribution in [0.4, 0.5) is 5.82 Å². The summed E-state index contributed by atoms with van der Waals surface area (Å²) in [4.78, 5) is 6.70. The number of hydrogen-bond acceptors (Lipinski definition) is 4. The first-order chi connectivity index (χ1) is 9.02. The average molecular weight is 262 g/mol. The molecule has 5 heteroatoms. The number of pyridine rings is 1. The zero-order valence-electron chi connectivity index (χ0n) is 11.8. The highest BCUT2D eigenvalue weighted by Gasteiger charge is 2.25. The highest BCUT2D eigenvalue weighted by molar-refractivity contribution is 6.02. The number of rotatable bonds is 2. The van der Waals surface area contributed by atoms with Gasteiger partial charge in [-0.15, -0.1) is 0 Å². The quantitative estimate of drug-likeness (QED) is 0.370. The molecule has 0 spiro atoms. The second-order valence-corrected chi connectivity index (χ2v) is 5.66. The van der Waals surface area contributed by atoms with E-state index < -0.39 is 0 Å². The number of aromatic nitrogens is 1. The Kier molecular flexibility index (Phi) is 3.93. The van der Waals surface area contributed by atoms with E-state index in [1.807, 2.05) is 13.0 Å². The standard InChI is InChI=1S/C14H22N4O/c1-9-6-10(2)8-18(7-9)14-12(13(15)17-19)11(3)4-5-16-14/h4-5,9-10,19H,6-8H2,1-3H3,(H2,15,17). The minimum absolute atomic E-state index is 0.131. The van der Waals surface area contributed by atoms with Crippen LogP contribution in [-0.2, 0) is 0 Å². The number of nitrogens with zero attached hydrogens (tertiary/aromatic N) is 3. The van der Waals surface area contributed by atoms with Crippen LogP contribution in [-0.4, -0.2) is 29.1 Å². The van der Waals surface area contributed by atoms with Gasteiger partial charge < -0.3 is 15.8 Å². The summed E-state index contributed by atoms with van der Waals surface area (Å²) in [6, 6.07) is 1.88. The molecule has 1 aliphatic rings. The molecule has 0 aliphatic carbocycles. The fourth-order valence-corrected chi connectivity index (χ4v) is 2.99. The fraction of sp³-hybridized carbons (Fsp3) is 0.571. The summed E-state index contributed by atoms with van der Waals surface area (Å²) >= 11 is 0. The second kappa shape index (κ2) is 5.47. The fourth-order valence-electron chi connectivity index (χ4n) is 2.99. The Morgan fingerprint density at radius 3 is 2.63 bits per heavy atom. The Morgan fingerprint density at radius 2 is 2.05 bits per heavy atom. The van der Waals surface area contributed by atoms with Gasteiger partial charge in [-0.3, -0.25) is 0 Å². The summed E-state index contributed by atoms with van der Waals surface area (Å²) < 4.78 is 0. The molecule has 1 fully saturated rings. The molecule has 104 valence electrons. The van der Waals surface area contributed by atoms with Crippen LogP contribution >= 0.6 is 0 Å². The SMILES string of the molecule is Cc1ccnc(N2CC(C)CC(C)C2)c1/C(N)=N/O. The molecule has 1 saturated heterocycles. The Bertz CT molecular complexity index is 476. The molecule has 2 rings (SSSR count). The summed E-state index contributed by atoms with van der Waals surface area (Å²) in [6.45, 7) is 8.39. The molecule has 0 radical (unpaired) electrons. The van der Waals surface area contributed by atoms with E-state index in [2.05, 4.69) is 28.9 Å². The van der Waals surface area contributed by atoms with Gasteiger partial charge in [-0.25, -0.2) is 4.98 Å². The van der Waals surface area contributed by atoms with Gasteiger partial charge in [0.1, 0.15) is 5.82 Å². The Labute approximate surface area is 114 Å². The van der Waals surface area contributed by atoms with Crippen LogP contribution < -0.4 is 10.6 Å². The largest absolute Gasteiger partial charge is 0.409 e. The van der Waals surface area contributed by atoms with Gasteiger partial charge in [-0.05, 0) is 36.8 Å². The normalized spacial score (nSPS) is 24.6. The van der Waals surface area contributed by atoms with Gasteiger partial charge >= 0.3 is 0 Å². The lowest BCUT2D eigenvalue weighted by Crippen LogP contribution is -2.40. The molecule has 1 aliphatic heterocycles. The zero-order chi connectivity index (χ0) is 14.0. The lowest BCUT2D eigenvalue weighted by molar-refractivity contribution is 0.318. The van der Waals surface area contributed by atoms with Gasteiger partial charge in [-0.1, -0.05) is 19.0 Å². The molecule has 0 bridgehead atoms. The number of hydrogen-bond donors (Lipinski definition) is 2. The van der Waals surface area contributed by atoms with Gasteiger partial charge in [-0.2, -0.15) is 0 Å². The Balaban J connectivity index is 2.41. The summed E-state index contributed by atoms with van der Waals surface area (Å²) in [5.74, 6) is 2.22. The maximum atomic E-state index is 8.96. The molecule has 0 saturated carbocycles. The monoisotopic (exact) mass is 262 g/mol. The molecule has 1 aromatic rings. The zero-order valence-corrected chi connectivity index (χ0v) is 11.8. The summed E-state index contributed by atoms with van der Waals surface area (Å²) in [5.41, 5.74) is 7.53. The van der Waals surface area contributed by atoms with Crippen molar-refractivity contribution >= 4 is 11.7 Å². The van der Waals surface area contributed by atoms with Gasteiger partial charge in [0, 0.05) is 19.3 Å². The molecule has 3 N–H and O–H groups in total. The molecular weight excluding hydrogens is 240 g/mol. The maximum absolute atomic E-state index is 8.96. The van der Waals surface area contributed by atoms with Crippen molar-refractivity contribution in [2.75, 3.05) is 18.0 Å². The van der Waals surface area contributed by atoms with E-state index in [0.717, 1.165) is 30.0 Å². The van der Waals surface area contributed by atoms with E-state index in [1.54, 1.807) is 6.20 Å². The van der Waals surface area contributed by atoms with Crippen molar-refractivity contribution in [3.05, 3.63) is 23.4 Å². The van der Waals surface area contributed by atoms with Crippen LogP contribution in [0, 0.1) is 18.8 Å². The van der Waals surface area contributed by atoms with Crippen molar-refractivity contribution in [3.63, 3.8) is 0 Å². The van der Waals surface area contributed by atoms with Crippen molar-refractivity contribution in [2.24, 2.45) is 22.7 Å². The lowest BCUT2D eigenvalue weighted by atomic mass is 9.91. The molecule has 19 heavy (non-hydrogen) atoms. The maximum Gasteiger partial charge on any atom is 0.174 e. The molecule has 2 atom stereocenters. The lowest BCUT2D eigenvalue weighted by Gasteiger charge is -2.36. The molecule has 0 aromatic carbocycles. The molecule has 2 heterocycles. The number of oxime groups is 1. The summed E-state index contributed by atoms with van der Waals surface area (Å²) in [6.07, 6.45) is 3.02. The molecule has 1 aromatic heterocycles. The molecular formula is C14H22N4O. The third-order valence-corrected chi connectivity index (χ3v) is 3.67. The van der Waals surface area contributed by atoms with Crippen molar-refractivity contribution in [2.45, 2.75) is 27.2 Å². The predicted molar refractivity (Wildman–Crippen MR) is 76.6 cm³/mol. The Morgan fingerprint density at radius 1 is 1.42 bits per heavy atom. The highest BCUT2D eigenvalue weighted by atomic mass is 16.4. The first kappa shape index (κ1) is 13.6. The van der Waals surface area contributed by atoms with Gasteiger partial charge in [0.2, 0.25) is 0 Å². The van der Waals surface area contributed by atoms with E-state index in [0.29, 0.717) is 11.8 Å². The van der Waals surface area contributed by atoms with Crippen LogP contribution in [0.2, 0.25) is 0 Å². The summed E-state index contributed by atoms with van der Waals surface area (Å²) in [5, 5.41) is 12.1. The number of anilines is 1. The number of amidine groups is 1. The van der Waals surface area contributed by atoms with E-state index in [4.69, 9.17) is 10.9 Å². The van der Waals surface area contributed by atoms with Gasteiger partial charge in [0.05, 0.1) is 5.56 Å². The first-order valence-corrected chi connectivity index (χ1v) is 6.71. The smallest absolute Gasteiger partial charge is 0.174 e. The minimum Gasteiger partial charge on any atom is -0.409 e. The molecule has 5 nitrogen and oxygen atoms in total. The molecule has 0 amide bonds. The minimum atomic E-state index is 0.131. The van der Waals surface area contributed by atoms with Gasteiger partial charge in [0.15, 0.2) is 5.84 Å². The predicted octanol–water partition coefficient (Wildman–Crippen LogP) is 1.97. The topological polar surface area (TPSA) is 74.7 Å². The number of nitrogens with two attached hydrogens (primary N) is 1. The third-order valence-electron chi connectivity index (χ3n) is 3.67. The Hall–Kier alpha value is -1.78. The number of aryl methyl sites for hydroxylation is 1. The second-order valence-electron chi connectivity index (χ2n) is 5.66. The van der Waals surface area contributed by atoms with Crippen molar-refractivity contribution in [1.29, 1.82) is 0 Å². The molecule has 2 unspecified atom stereocenters. The van der Waals surface area contributed by atoms with Crippen LogP contribution in [0.25, 0.3) is 0 Å². The third kappa shape index (κ3) is 2.80. The van der Waals surface area contributed by atoms with E-state index in [1.165, 1.54) is 6.42 Å². The van der Waals surface area contributed by atoms with Crippen LogP contribution in [0.3, 0.4) is 0 Å². The van der Waals surface area contributed by atoms with Gasteiger partial charge in [0.25, 0.3) is 0 Å². The van der Waals surface area contributed by atoms with E-state index in [-0.39, 0.29) is 5.84 Å². The number of piperidine rings is 1. The van der Waals surface area contributed by atoms with Crippen molar-refractivity contribution < 1.29 is 5.21 Å². The van der Waals surface area contributed by atoms with E-state index >= 15 is 0 Å². The van der Waals surface area contributed by atoms with Crippen molar-refractivity contribution in [3.8, 4) is 0 Å². The van der Waals surface area contributed by atoms with Crippen LogP contribution in [0.5, 0.6) is 0 Å². The van der Waals surface area contributed by atoms with Crippen LogP contribution in [0.1, 0.15) is 31.4 Å². The van der Waals surface area contributed by atoms with Crippen molar-refractivity contribution in [1.82, 2.24) is 4.98 Å². The summed E-state index contributed by atoms with van der Waals surface area (Å²) in [7, 11) is 0.